The average molecular weight is 374 g/mol. The highest BCUT2D eigenvalue weighted by atomic mass is 32.2. The van der Waals surface area contributed by atoms with Gasteiger partial charge >= 0.3 is 5.97 Å². The zero-order valence-corrected chi connectivity index (χ0v) is 14.5. The molecule has 25 heavy (non-hydrogen) atoms. The monoisotopic (exact) mass is 374 g/mol. The van der Waals surface area contributed by atoms with Crippen molar-refractivity contribution in [2.75, 3.05) is 0 Å². The van der Waals surface area contributed by atoms with Crippen LogP contribution in [0, 0.1) is 0 Å². The van der Waals surface area contributed by atoms with Gasteiger partial charge in [0.2, 0.25) is 10.0 Å². The number of hydrogen-bond acceptors (Lipinski definition) is 5. The number of hydrogen-bond donors (Lipinski definition) is 2. The highest BCUT2D eigenvalue weighted by Crippen LogP contribution is 2.41. The summed E-state index contributed by atoms with van der Waals surface area (Å²) in [5.74, 6) is -1.66. The minimum absolute atomic E-state index is 0.113. The van der Waals surface area contributed by atoms with Gasteiger partial charge in [-0.15, -0.1) is 11.3 Å². The highest BCUT2D eigenvalue weighted by molar-refractivity contribution is 7.89. The van der Waals surface area contributed by atoms with Gasteiger partial charge in [-0.05, 0) is 29.7 Å². The number of nitrogens with one attached hydrogen (secondary N) is 1. The predicted molar refractivity (Wildman–Crippen MR) is 94.1 cm³/mol. The molecule has 2 unspecified atom stereocenters. The molecule has 6 nitrogen and oxygen atoms in total. The summed E-state index contributed by atoms with van der Waals surface area (Å²) in [6.07, 6.45) is 0.195. The van der Waals surface area contributed by atoms with E-state index in [-0.39, 0.29) is 11.3 Å². The van der Waals surface area contributed by atoms with E-state index >= 15 is 0 Å². The molecule has 0 saturated heterocycles. The number of carboxylic acid groups (broad SMARTS) is 1. The Hall–Kier alpha value is -2.29. The molecule has 1 aliphatic carbocycles. The van der Waals surface area contributed by atoms with Crippen molar-refractivity contribution in [2.45, 2.75) is 23.3 Å². The smallest absolute Gasteiger partial charge is 0.311 e. The Morgan fingerprint density at radius 1 is 1.16 bits per heavy atom. The first-order chi connectivity index (χ1) is 12.0. The van der Waals surface area contributed by atoms with Crippen LogP contribution in [-0.4, -0.2) is 24.5 Å². The number of sulfonamides is 1. The van der Waals surface area contributed by atoms with Gasteiger partial charge in [0, 0.05) is 6.04 Å². The molecule has 0 radical (unpaired) electrons. The summed E-state index contributed by atoms with van der Waals surface area (Å²) in [5.41, 5.74) is 3.41. The van der Waals surface area contributed by atoms with Gasteiger partial charge < -0.3 is 5.11 Å². The third kappa shape index (κ3) is 2.72. The molecule has 2 N–H and O–H groups in total. The van der Waals surface area contributed by atoms with Gasteiger partial charge in [0.05, 0.1) is 16.1 Å². The van der Waals surface area contributed by atoms with Crippen molar-refractivity contribution in [3.8, 4) is 0 Å². The van der Waals surface area contributed by atoms with Crippen LogP contribution < -0.4 is 4.72 Å². The number of fused-ring (bicyclic) bond motifs is 2. The molecule has 128 valence electrons. The Kier molecular flexibility index (Phi) is 3.82. The molecule has 0 amide bonds. The molecule has 0 fully saturated rings. The molecule has 3 aromatic rings. The first-order valence-electron chi connectivity index (χ1n) is 7.63. The van der Waals surface area contributed by atoms with E-state index in [1.165, 1.54) is 17.4 Å². The minimum Gasteiger partial charge on any atom is -0.481 e. The second kappa shape index (κ2) is 5.91. The van der Waals surface area contributed by atoms with Gasteiger partial charge in [-0.1, -0.05) is 30.3 Å². The summed E-state index contributed by atoms with van der Waals surface area (Å²) in [6.45, 7) is 0. The van der Waals surface area contributed by atoms with Crippen molar-refractivity contribution in [3.05, 3.63) is 59.1 Å². The van der Waals surface area contributed by atoms with Gasteiger partial charge in [-0.2, -0.15) is 0 Å². The molecule has 2 atom stereocenters. The van der Waals surface area contributed by atoms with Crippen LogP contribution in [0.4, 0.5) is 0 Å². The van der Waals surface area contributed by atoms with E-state index in [4.69, 9.17) is 0 Å². The lowest BCUT2D eigenvalue weighted by molar-refractivity contribution is -0.138. The maximum Gasteiger partial charge on any atom is 0.311 e. The molecular formula is C17H14N2O4S2. The van der Waals surface area contributed by atoms with E-state index in [0.717, 1.165) is 4.70 Å². The summed E-state index contributed by atoms with van der Waals surface area (Å²) in [7, 11) is -3.83. The van der Waals surface area contributed by atoms with Gasteiger partial charge in [0.15, 0.2) is 0 Å². The Bertz CT molecular complexity index is 1070. The lowest BCUT2D eigenvalue weighted by Crippen LogP contribution is -2.28. The molecule has 1 aliphatic rings. The van der Waals surface area contributed by atoms with Crippen molar-refractivity contribution in [3.63, 3.8) is 0 Å². The van der Waals surface area contributed by atoms with Crippen molar-refractivity contribution >= 4 is 37.5 Å². The topological polar surface area (TPSA) is 96.4 Å². The SMILES string of the molecule is O=C(O)C1CC(NS(=O)(=O)c2cccc3scnc23)c2ccccc21. The molecule has 4 rings (SSSR count). The number of para-hydroxylation sites is 1. The fraction of sp³-hybridized carbons (Fsp3) is 0.176. The fourth-order valence-electron chi connectivity index (χ4n) is 3.31. The van der Waals surface area contributed by atoms with Crippen molar-refractivity contribution < 1.29 is 18.3 Å². The Balaban J connectivity index is 1.73. The van der Waals surface area contributed by atoms with E-state index in [1.54, 1.807) is 35.8 Å². The average Bonchev–Trinajstić information content (AvgIpc) is 3.19. The maximum atomic E-state index is 12.9. The number of nitrogens with zero attached hydrogens (tertiary/aromatic N) is 1. The second-order valence-corrected chi connectivity index (χ2v) is 8.45. The molecule has 2 aromatic carbocycles. The molecule has 1 aromatic heterocycles. The minimum atomic E-state index is -3.83. The number of thiazole rings is 1. The van der Waals surface area contributed by atoms with Crippen LogP contribution in [-0.2, 0) is 14.8 Å². The normalized spacial score (nSPS) is 19.8. The molecule has 0 bridgehead atoms. The first kappa shape index (κ1) is 16.2. The number of aromatic nitrogens is 1. The second-order valence-electron chi connectivity index (χ2n) is 5.88. The molecule has 8 heteroatoms. The molecule has 1 heterocycles. The van der Waals surface area contributed by atoms with Crippen LogP contribution >= 0.6 is 11.3 Å². The lowest BCUT2D eigenvalue weighted by Gasteiger charge is -2.15. The van der Waals surface area contributed by atoms with E-state index in [9.17, 15) is 18.3 Å². The Morgan fingerprint density at radius 2 is 1.92 bits per heavy atom. The van der Waals surface area contributed by atoms with E-state index < -0.39 is 28.0 Å². The summed E-state index contributed by atoms with van der Waals surface area (Å²) >= 11 is 1.37. The van der Waals surface area contributed by atoms with E-state index in [1.807, 2.05) is 6.07 Å². The van der Waals surface area contributed by atoms with Gasteiger partial charge in [-0.25, -0.2) is 18.1 Å². The highest BCUT2D eigenvalue weighted by Gasteiger charge is 2.37. The van der Waals surface area contributed by atoms with Crippen molar-refractivity contribution in [1.29, 1.82) is 0 Å². The van der Waals surface area contributed by atoms with Crippen molar-refractivity contribution in [1.82, 2.24) is 9.71 Å². The summed E-state index contributed by atoms with van der Waals surface area (Å²) < 4.78 is 29.2. The summed E-state index contributed by atoms with van der Waals surface area (Å²) in [4.78, 5) is 15.8. The molecule has 0 spiro atoms. The number of carbonyl (C=O) groups is 1. The molecule has 0 aliphatic heterocycles. The van der Waals surface area contributed by atoms with Gasteiger partial charge in [-0.3, -0.25) is 4.79 Å². The van der Waals surface area contributed by atoms with E-state index in [2.05, 4.69) is 9.71 Å². The first-order valence-corrected chi connectivity index (χ1v) is 10.00. The zero-order chi connectivity index (χ0) is 17.6. The Labute approximate surface area is 148 Å². The third-order valence-corrected chi connectivity index (χ3v) is 6.72. The molecular weight excluding hydrogens is 360 g/mol. The number of benzene rings is 2. The van der Waals surface area contributed by atoms with Crippen molar-refractivity contribution in [2.24, 2.45) is 0 Å². The van der Waals surface area contributed by atoms with E-state index in [0.29, 0.717) is 16.6 Å². The van der Waals surface area contributed by atoms with Crippen LogP contribution in [0.3, 0.4) is 0 Å². The van der Waals surface area contributed by atoms with Crippen LogP contribution in [0.15, 0.2) is 52.9 Å². The van der Waals surface area contributed by atoms with Crippen LogP contribution in [0.2, 0.25) is 0 Å². The number of rotatable bonds is 4. The van der Waals surface area contributed by atoms with Gasteiger partial charge in [0.25, 0.3) is 0 Å². The van der Waals surface area contributed by atoms with Crippen LogP contribution in [0.5, 0.6) is 0 Å². The third-order valence-electron chi connectivity index (χ3n) is 4.43. The number of carboxylic acids is 1. The summed E-state index contributed by atoms with van der Waals surface area (Å²) in [6, 6.07) is 11.5. The molecule has 0 saturated carbocycles. The van der Waals surface area contributed by atoms with Crippen LogP contribution in [0.1, 0.15) is 29.5 Å². The quantitative estimate of drug-likeness (QED) is 0.732. The predicted octanol–water partition coefficient (Wildman–Crippen LogP) is 2.89. The number of aliphatic carboxylic acids is 1. The lowest BCUT2D eigenvalue weighted by atomic mass is 10.0. The Morgan fingerprint density at radius 3 is 2.68 bits per heavy atom. The maximum absolute atomic E-state index is 12.9. The van der Waals surface area contributed by atoms with Gasteiger partial charge in [0.1, 0.15) is 10.4 Å². The fourth-order valence-corrected chi connectivity index (χ4v) is 5.48. The van der Waals surface area contributed by atoms with Crippen LogP contribution in [0.25, 0.3) is 10.2 Å². The summed E-state index contributed by atoms with van der Waals surface area (Å²) in [5, 5.41) is 9.42. The zero-order valence-electron chi connectivity index (χ0n) is 12.9. The largest absolute Gasteiger partial charge is 0.481 e. The standard InChI is InChI=1S/C17H14N2O4S2/c20-17(21)12-8-13(11-5-2-1-4-10(11)12)19-25(22,23)15-7-3-6-14-16(15)18-9-24-14/h1-7,9,12-13,19H,8H2,(H,20,21).